The summed E-state index contributed by atoms with van der Waals surface area (Å²) >= 11 is 0. The number of ether oxygens (including phenoxy) is 2. The number of benzene rings is 2. The smallest absolute Gasteiger partial charge is 0.306 e. The van der Waals surface area contributed by atoms with Gasteiger partial charge in [-0.25, -0.2) is 4.98 Å². The molecule has 0 aliphatic heterocycles. The van der Waals surface area contributed by atoms with Crippen molar-refractivity contribution in [3.05, 3.63) is 69.8 Å². The molecule has 1 heterocycles. The van der Waals surface area contributed by atoms with Gasteiger partial charge in [0.25, 0.3) is 5.56 Å². The third-order valence-corrected chi connectivity index (χ3v) is 5.16. The summed E-state index contributed by atoms with van der Waals surface area (Å²) in [4.78, 5) is 29.7. The monoisotopic (exact) mass is 406 g/mol. The summed E-state index contributed by atoms with van der Waals surface area (Å²) in [5.74, 6) is 1.12. The Morgan fingerprint density at radius 2 is 1.83 bits per heavy atom. The molecule has 0 amide bonds. The van der Waals surface area contributed by atoms with Crippen LogP contribution in [-0.2, 0) is 16.0 Å². The van der Waals surface area contributed by atoms with Crippen molar-refractivity contribution in [2.45, 2.75) is 45.6 Å². The van der Waals surface area contributed by atoms with E-state index in [2.05, 4.69) is 11.1 Å². The van der Waals surface area contributed by atoms with Gasteiger partial charge in [-0.05, 0) is 62.1 Å². The summed E-state index contributed by atoms with van der Waals surface area (Å²) in [6, 6.07) is 13.5. The van der Waals surface area contributed by atoms with E-state index in [9.17, 15) is 9.59 Å². The predicted octanol–water partition coefficient (Wildman–Crippen LogP) is 3.90. The molecule has 2 aromatic carbocycles. The van der Waals surface area contributed by atoms with Gasteiger partial charge in [-0.2, -0.15) is 0 Å². The third kappa shape index (κ3) is 4.70. The van der Waals surface area contributed by atoms with Crippen LogP contribution in [0.5, 0.6) is 5.75 Å². The lowest BCUT2D eigenvalue weighted by atomic mass is 10.1. The van der Waals surface area contributed by atoms with Crippen molar-refractivity contribution in [3.63, 3.8) is 0 Å². The highest BCUT2D eigenvalue weighted by Gasteiger charge is 2.28. The first kappa shape index (κ1) is 20.1. The molecule has 0 radical (unpaired) electrons. The Balaban J connectivity index is 1.33. The molecule has 1 fully saturated rings. The minimum Gasteiger partial charge on any atom is -0.490 e. The van der Waals surface area contributed by atoms with E-state index >= 15 is 0 Å². The predicted molar refractivity (Wildman–Crippen MR) is 115 cm³/mol. The first-order valence-electron chi connectivity index (χ1n) is 10.4. The Bertz CT molecular complexity index is 1110. The van der Waals surface area contributed by atoms with Crippen LogP contribution in [-0.4, -0.2) is 28.7 Å². The van der Waals surface area contributed by atoms with E-state index in [1.807, 2.05) is 44.2 Å². The number of aromatic nitrogens is 2. The van der Waals surface area contributed by atoms with Gasteiger partial charge in [0, 0.05) is 12.5 Å². The molecule has 4 rings (SSSR count). The topological polar surface area (TPSA) is 70.4 Å². The Kier molecular flexibility index (Phi) is 5.84. The largest absolute Gasteiger partial charge is 0.490 e. The van der Waals surface area contributed by atoms with E-state index in [1.54, 1.807) is 10.6 Å². The fourth-order valence-corrected chi connectivity index (χ4v) is 3.69. The summed E-state index contributed by atoms with van der Waals surface area (Å²) < 4.78 is 12.7. The second kappa shape index (κ2) is 8.69. The molecule has 0 unspecified atom stereocenters. The molecule has 1 aromatic heterocycles. The quantitative estimate of drug-likeness (QED) is 0.419. The first-order chi connectivity index (χ1) is 14.5. The van der Waals surface area contributed by atoms with Gasteiger partial charge in [-0.15, -0.1) is 0 Å². The molecule has 1 aliphatic carbocycles. The maximum absolute atomic E-state index is 12.9. The van der Waals surface area contributed by atoms with Crippen molar-refractivity contribution < 1.29 is 14.3 Å². The number of aryl methyl sites for hydroxylation is 3. The van der Waals surface area contributed by atoms with Gasteiger partial charge in [0.2, 0.25) is 0 Å². The molecular formula is C24H26N2O4. The third-order valence-electron chi connectivity index (χ3n) is 5.16. The van der Waals surface area contributed by atoms with Crippen molar-refractivity contribution in [3.8, 4) is 5.75 Å². The molecule has 0 saturated heterocycles. The van der Waals surface area contributed by atoms with E-state index in [0.29, 0.717) is 29.8 Å². The number of rotatable bonds is 8. The van der Waals surface area contributed by atoms with Crippen LogP contribution in [0.25, 0.3) is 10.9 Å². The number of fused-ring (bicyclic) bond motifs is 1. The number of carbonyl (C=O) groups is 1. The lowest BCUT2D eigenvalue weighted by Crippen LogP contribution is -2.25. The molecular weight excluding hydrogens is 380 g/mol. The van der Waals surface area contributed by atoms with Gasteiger partial charge >= 0.3 is 5.97 Å². The van der Waals surface area contributed by atoms with Crippen LogP contribution < -0.4 is 10.3 Å². The first-order valence-corrected chi connectivity index (χ1v) is 10.4. The van der Waals surface area contributed by atoms with Gasteiger partial charge in [-0.3, -0.25) is 14.2 Å². The minimum atomic E-state index is -0.316. The fraction of sp³-hybridized carbons (Fsp3) is 0.375. The van der Waals surface area contributed by atoms with Gasteiger partial charge in [0.1, 0.15) is 24.8 Å². The SMILES string of the molecule is Cc1cc(C)cc(OCCOC(=O)CCc2nc3ccccc3c(=O)n2C2CC2)c1. The van der Waals surface area contributed by atoms with Crippen molar-refractivity contribution in [2.75, 3.05) is 13.2 Å². The average Bonchev–Trinajstić information content (AvgIpc) is 3.54. The second-order valence-corrected chi connectivity index (χ2v) is 7.84. The molecule has 1 saturated carbocycles. The highest BCUT2D eigenvalue weighted by Crippen LogP contribution is 2.34. The molecule has 0 atom stereocenters. The van der Waals surface area contributed by atoms with E-state index in [0.717, 1.165) is 29.7 Å². The molecule has 0 bridgehead atoms. The Hall–Kier alpha value is -3.15. The summed E-state index contributed by atoms with van der Waals surface area (Å²) in [5.41, 5.74) is 2.91. The van der Waals surface area contributed by atoms with Gasteiger partial charge in [0.15, 0.2) is 0 Å². The number of hydrogen-bond acceptors (Lipinski definition) is 5. The maximum atomic E-state index is 12.9. The molecule has 3 aromatic rings. The van der Waals surface area contributed by atoms with E-state index in [-0.39, 0.29) is 30.6 Å². The van der Waals surface area contributed by atoms with Gasteiger partial charge in [-0.1, -0.05) is 18.2 Å². The van der Waals surface area contributed by atoms with Crippen molar-refractivity contribution in [2.24, 2.45) is 0 Å². The molecule has 6 nitrogen and oxygen atoms in total. The van der Waals surface area contributed by atoms with Crippen molar-refractivity contribution in [1.82, 2.24) is 9.55 Å². The average molecular weight is 406 g/mol. The van der Waals surface area contributed by atoms with Crippen LogP contribution in [0.2, 0.25) is 0 Å². The Morgan fingerprint density at radius 3 is 2.57 bits per heavy atom. The standard InChI is InChI=1S/C24H26N2O4/c1-16-13-17(2)15-19(14-16)29-11-12-30-23(27)10-9-22-25-21-6-4-3-5-20(21)24(28)26(22)18-7-8-18/h3-6,13-15,18H,7-12H2,1-2H3. The summed E-state index contributed by atoms with van der Waals surface area (Å²) in [7, 11) is 0. The Labute approximate surface area is 175 Å². The maximum Gasteiger partial charge on any atom is 0.306 e. The van der Waals surface area contributed by atoms with Crippen LogP contribution in [0.1, 0.15) is 42.3 Å². The van der Waals surface area contributed by atoms with Crippen LogP contribution in [0.4, 0.5) is 0 Å². The number of hydrogen-bond donors (Lipinski definition) is 0. The fourth-order valence-electron chi connectivity index (χ4n) is 3.69. The Morgan fingerprint density at radius 1 is 1.10 bits per heavy atom. The molecule has 30 heavy (non-hydrogen) atoms. The molecule has 0 spiro atoms. The van der Waals surface area contributed by atoms with E-state index < -0.39 is 0 Å². The molecule has 6 heteroatoms. The number of para-hydroxylation sites is 1. The highest BCUT2D eigenvalue weighted by atomic mass is 16.6. The lowest BCUT2D eigenvalue weighted by Gasteiger charge is -2.13. The van der Waals surface area contributed by atoms with Crippen LogP contribution in [0, 0.1) is 13.8 Å². The van der Waals surface area contributed by atoms with Gasteiger partial charge < -0.3 is 9.47 Å². The van der Waals surface area contributed by atoms with E-state index in [4.69, 9.17) is 9.47 Å². The van der Waals surface area contributed by atoms with Crippen molar-refractivity contribution >= 4 is 16.9 Å². The zero-order chi connectivity index (χ0) is 21.1. The van der Waals surface area contributed by atoms with Crippen LogP contribution in [0.15, 0.2) is 47.3 Å². The molecule has 156 valence electrons. The lowest BCUT2D eigenvalue weighted by molar-refractivity contribution is -0.144. The van der Waals surface area contributed by atoms with Gasteiger partial charge in [0.05, 0.1) is 17.3 Å². The number of nitrogens with zero attached hydrogens (tertiary/aromatic N) is 2. The number of carbonyl (C=O) groups excluding carboxylic acids is 1. The molecule has 0 N–H and O–H groups in total. The molecule has 1 aliphatic rings. The summed E-state index contributed by atoms with van der Waals surface area (Å²) in [6.07, 6.45) is 2.52. The van der Waals surface area contributed by atoms with Crippen molar-refractivity contribution in [1.29, 1.82) is 0 Å². The zero-order valence-corrected chi connectivity index (χ0v) is 17.4. The summed E-state index contributed by atoms with van der Waals surface area (Å²) in [5, 5.41) is 0.624. The normalized spacial score (nSPS) is 13.4. The van der Waals surface area contributed by atoms with Crippen LogP contribution in [0.3, 0.4) is 0 Å². The van der Waals surface area contributed by atoms with Crippen LogP contribution >= 0.6 is 0 Å². The second-order valence-electron chi connectivity index (χ2n) is 7.84. The minimum absolute atomic E-state index is 0.0201. The zero-order valence-electron chi connectivity index (χ0n) is 17.4. The highest BCUT2D eigenvalue weighted by molar-refractivity contribution is 5.77. The van der Waals surface area contributed by atoms with E-state index in [1.165, 1.54) is 0 Å². The number of esters is 1. The summed E-state index contributed by atoms with van der Waals surface area (Å²) in [6.45, 7) is 4.52.